The third kappa shape index (κ3) is 2.71. The van der Waals surface area contributed by atoms with Crippen LogP contribution < -0.4 is 0 Å². The van der Waals surface area contributed by atoms with Crippen LogP contribution in [0.5, 0.6) is 0 Å². The van der Waals surface area contributed by atoms with Crippen LogP contribution in [0, 0.1) is 18.2 Å². The third-order valence-corrected chi connectivity index (χ3v) is 3.81. The van der Waals surface area contributed by atoms with Gasteiger partial charge in [-0.15, -0.1) is 6.42 Å². The van der Waals surface area contributed by atoms with Crippen molar-refractivity contribution in [2.45, 2.75) is 18.6 Å². The number of esters is 1. The van der Waals surface area contributed by atoms with Crippen molar-refractivity contribution in [3.05, 3.63) is 53.6 Å². The summed E-state index contributed by atoms with van der Waals surface area (Å²) in [5.41, 5.74) is -0.472. The normalized spacial score (nSPS) is 16.9. The van der Waals surface area contributed by atoms with Gasteiger partial charge < -0.3 is 9.47 Å². The number of hydrogen-bond donors (Lipinski definition) is 0. The highest BCUT2D eigenvalue weighted by atomic mass is 19.1. The molecule has 1 atom stereocenters. The van der Waals surface area contributed by atoms with E-state index >= 15 is 0 Å². The topological polar surface area (TPSA) is 53.3 Å². The van der Waals surface area contributed by atoms with E-state index in [0.29, 0.717) is 0 Å². The summed E-state index contributed by atoms with van der Waals surface area (Å²) < 4.78 is 25.6. The minimum absolute atomic E-state index is 0.110. The summed E-state index contributed by atoms with van der Waals surface area (Å²) in [6.07, 6.45) is 6.37. The van der Waals surface area contributed by atoms with Gasteiger partial charge in [-0.25, -0.2) is 13.9 Å². The zero-order valence-electron chi connectivity index (χ0n) is 12.5. The fourth-order valence-corrected chi connectivity index (χ4v) is 2.38. The lowest BCUT2D eigenvalue weighted by atomic mass is 10.0. The molecule has 0 bridgehead atoms. The monoisotopic (exact) mass is 314 g/mol. The van der Waals surface area contributed by atoms with Gasteiger partial charge in [0.1, 0.15) is 13.2 Å². The Kier molecular flexibility index (Phi) is 3.89. The summed E-state index contributed by atoms with van der Waals surface area (Å²) in [6.45, 7) is 2.04. The number of terminal acetylenes is 1. The predicted octanol–water partition coefficient (Wildman–Crippen LogP) is 2.19. The van der Waals surface area contributed by atoms with E-state index in [1.807, 2.05) is 37.3 Å². The van der Waals surface area contributed by atoms with Gasteiger partial charge in [0.15, 0.2) is 11.5 Å². The Bertz CT molecular complexity index is 760. The minimum atomic E-state index is -1.12. The molecule has 0 saturated carbocycles. The molecule has 23 heavy (non-hydrogen) atoms. The number of rotatable bonds is 4. The standard InChI is InChI=1S/C17H15FN2O3/c1-3-17(10-22-11-17)23-16(21)15-14(18)9-19-20(15)12(2)13-7-5-4-6-8-13/h1,4-9,12H,10-11H2,2H3/t12-/m1/s1. The number of benzene rings is 1. The molecule has 0 amide bonds. The van der Waals surface area contributed by atoms with E-state index in [1.54, 1.807) is 0 Å². The van der Waals surface area contributed by atoms with Gasteiger partial charge >= 0.3 is 5.97 Å². The van der Waals surface area contributed by atoms with Gasteiger partial charge in [0, 0.05) is 0 Å². The highest BCUT2D eigenvalue weighted by molar-refractivity contribution is 5.88. The molecule has 1 saturated heterocycles. The Balaban J connectivity index is 1.90. The Labute approximate surface area is 133 Å². The van der Waals surface area contributed by atoms with Crippen LogP contribution in [0.4, 0.5) is 4.39 Å². The summed E-state index contributed by atoms with van der Waals surface area (Å²) in [4.78, 5) is 12.4. The lowest BCUT2D eigenvalue weighted by Crippen LogP contribution is -2.52. The molecule has 1 aromatic carbocycles. The highest BCUT2D eigenvalue weighted by Gasteiger charge is 2.42. The third-order valence-electron chi connectivity index (χ3n) is 3.81. The van der Waals surface area contributed by atoms with Gasteiger partial charge in [-0.05, 0) is 12.5 Å². The fourth-order valence-electron chi connectivity index (χ4n) is 2.38. The van der Waals surface area contributed by atoms with Crippen LogP contribution in [-0.2, 0) is 9.47 Å². The summed E-state index contributed by atoms with van der Waals surface area (Å²) >= 11 is 0. The van der Waals surface area contributed by atoms with Crippen molar-refractivity contribution in [1.29, 1.82) is 0 Å². The average Bonchev–Trinajstić information content (AvgIpc) is 2.92. The first-order valence-electron chi connectivity index (χ1n) is 7.13. The fraction of sp³-hybridized carbons (Fsp3) is 0.294. The first-order chi connectivity index (χ1) is 11.1. The van der Waals surface area contributed by atoms with Crippen LogP contribution in [0.1, 0.15) is 29.0 Å². The van der Waals surface area contributed by atoms with Crippen LogP contribution in [0.3, 0.4) is 0 Å². The summed E-state index contributed by atoms with van der Waals surface area (Å²) in [5.74, 6) is 0.799. The summed E-state index contributed by atoms with van der Waals surface area (Å²) in [7, 11) is 0. The van der Waals surface area contributed by atoms with Crippen molar-refractivity contribution in [3.63, 3.8) is 0 Å². The van der Waals surface area contributed by atoms with Gasteiger partial charge in [-0.3, -0.25) is 0 Å². The first-order valence-corrected chi connectivity index (χ1v) is 7.13. The molecule has 6 heteroatoms. The molecule has 2 heterocycles. The van der Waals surface area contributed by atoms with Gasteiger partial charge in [-0.2, -0.15) is 5.10 Å². The predicted molar refractivity (Wildman–Crippen MR) is 80.2 cm³/mol. The van der Waals surface area contributed by atoms with Crippen molar-refractivity contribution in [1.82, 2.24) is 9.78 Å². The van der Waals surface area contributed by atoms with E-state index in [9.17, 15) is 9.18 Å². The van der Waals surface area contributed by atoms with E-state index in [-0.39, 0.29) is 24.9 Å². The molecule has 1 aliphatic heterocycles. The van der Waals surface area contributed by atoms with Crippen molar-refractivity contribution in [2.24, 2.45) is 0 Å². The Hall–Kier alpha value is -2.65. The van der Waals surface area contributed by atoms with Crippen LogP contribution in [-0.4, -0.2) is 34.6 Å². The number of halogens is 1. The molecule has 3 rings (SSSR count). The van der Waals surface area contributed by atoms with Gasteiger partial charge in [0.05, 0.1) is 12.2 Å². The molecule has 1 aliphatic rings. The van der Waals surface area contributed by atoms with E-state index in [1.165, 1.54) is 4.68 Å². The first kappa shape index (κ1) is 15.3. The maximum Gasteiger partial charge on any atom is 0.361 e. The SMILES string of the molecule is C#CC1(OC(=O)c2c(F)cnn2[C@H](C)c2ccccc2)COC1. The Morgan fingerprint density at radius 2 is 2.17 bits per heavy atom. The summed E-state index contributed by atoms with van der Waals surface area (Å²) in [6, 6.07) is 9.03. The molecule has 2 aromatic rings. The largest absolute Gasteiger partial charge is 0.436 e. The van der Waals surface area contributed by atoms with Crippen molar-refractivity contribution >= 4 is 5.97 Å². The molecule has 0 spiro atoms. The minimum Gasteiger partial charge on any atom is -0.436 e. The Morgan fingerprint density at radius 3 is 2.74 bits per heavy atom. The van der Waals surface area contributed by atoms with Crippen molar-refractivity contribution < 1.29 is 18.7 Å². The molecule has 0 N–H and O–H groups in total. The second-order valence-corrected chi connectivity index (χ2v) is 5.39. The van der Waals surface area contributed by atoms with Crippen molar-refractivity contribution in [3.8, 4) is 12.3 Å². The van der Waals surface area contributed by atoms with Crippen molar-refractivity contribution in [2.75, 3.05) is 13.2 Å². The maximum atomic E-state index is 14.1. The van der Waals surface area contributed by atoms with E-state index in [2.05, 4.69) is 11.0 Å². The molecular weight excluding hydrogens is 299 g/mol. The van der Waals surface area contributed by atoms with Crippen LogP contribution in [0.2, 0.25) is 0 Å². The molecule has 0 aliphatic carbocycles. The second-order valence-electron chi connectivity index (χ2n) is 5.39. The number of hydrogen-bond acceptors (Lipinski definition) is 4. The summed E-state index contributed by atoms with van der Waals surface area (Å²) in [5, 5.41) is 3.97. The molecule has 118 valence electrons. The van der Waals surface area contributed by atoms with Gasteiger partial charge in [0.25, 0.3) is 0 Å². The lowest BCUT2D eigenvalue weighted by Gasteiger charge is -2.35. The molecule has 0 unspecified atom stereocenters. The highest BCUT2D eigenvalue weighted by Crippen LogP contribution is 2.25. The van der Waals surface area contributed by atoms with E-state index in [4.69, 9.17) is 15.9 Å². The Morgan fingerprint density at radius 1 is 1.48 bits per heavy atom. The van der Waals surface area contributed by atoms with Crippen LogP contribution in [0.25, 0.3) is 0 Å². The zero-order valence-corrected chi connectivity index (χ0v) is 12.5. The van der Waals surface area contributed by atoms with Crippen LogP contribution in [0.15, 0.2) is 36.5 Å². The zero-order chi connectivity index (χ0) is 16.4. The van der Waals surface area contributed by atoms with Gasteiger partial charge in [0.2, 0.25) is 5.60 Å². The smallest absolute Gasteiger partial charge is 0.361 e. The number of ether oxygens (including phenoxy) is 2. The molecule has 0 radical (unpaired) electrons. The number of nitrogens with zero attached hydrogens (tertiary/aromatic N) is 2. The second kappa shape index (κ2) is 5.86. The molecule has 1 fully saturated rings. The number of carbonyl (C=O) groups is 1. The van der Waals surface area contributed by atoms with E-state index in [0.717, 1.165) is 11.8 Å². The number of carbonyl (C=O) groups excluding carboxylic acids is 1. The molecular formula is C17H15FN2O3. The van der Waals surface area contributed by atoms with Crippen LogP contribution >= 0.6 is 0 Å². The van der Waals surface area contributed by atoms with E-state index < -0.39 is 17.4 Å². The lowest BCUT2D eigenvalue weighted by molar-refractivity contribution is -0.146. The average molecular weight is 314 g/mol. The maximum absolute atomic E-state index is 14.1. The van der Waals surface area contributed by atoms with Gasteiger partial charge in [-0.1, -0.05) is 36.3 Å². The quantitative estimate of drug-likeness (QED) is 0.641. The molecule has 5 nitrogen and oxygen atoms in total. The number of aromatic nitrogens is 2. The molecule has 1 aromatic heterocycles.